The first-order chi connectivity index (χ1) is 5.45. The number of amides is 1. The molecule has 0 unspecified atom stereocenters. The number of rotatable bonds is 4. The normalized spacial score (nSPS) is 11.4. The summed E-state index contributed by atoms with van der Waals surface area (Å²) in [5.74, 6) is 0.525. The van der Waals surface area contributed by atoms with Crippen molar-refractivity contribution in [2.45, 2.75) is 11.7 Å². The van der Waals surface area contributed by atoms with Gasteiger partial charge in [-0.05, 0) is 18.9 Å². The molecule has 0 rings (SSSR count). The Labute approximate surface area is 85.5 Å². The number of carbonyl (C=O) groups is 1. The molecule has 0 N–H and O–H groups in total. The molecular weight excluding hydrogens is 224 g/mol. The third-order valence-electron chi connectivity index (χ3n) is 1.17. The summed E-state index contributed by atoms with van der Waals surface area (Å²) in [7, 11) is 1.34. The second-order valence-electron chi connectivity index (χ2n) is 2.56. The van der Waals surface area contributed by atoms with Gasteiger partial charge in [0.1, 0.15) is 0 Å². The maximum absolute atomic E-state index is 12.1. The molecule has 0 saturated heterocycles. The molecule has 0 aromatic heterocycles. The number of halogens is 3. The minimum absolute atomic E-state index is 0.263. The Morgan fingerprint density at radius 3 is 2.25 bits per heavy atom. The molecule has 0 fully saturated rings. The van der Waals surface area contributed by atoms with Crippen LogP contribution in [-0.4, -0.2) is 34.0 Å². The maximum Gasteiger partial charge on any atom is 0.409 e. The first-order valence-corrected chi connectivity index (χ1v) is 5.03. The SMILES string of the molecule is CN(SC(C)(CCl)CCl)C(=O)F. The van der Waals surface area contributed by atoms with E-state index in [-0.39, 0.29) is 11.8 Å². The summed E-state index contributed by atoms with van der Waals surface area (Å²) < 4.78 is 12.5. The zero-order valence-electron chi connectivity index (χ0n) is 6.81. The van der Waals surface area contributed by atoms with Gasteiger partial charge in [-0.3, -0.25) is 4.31 Å². The van der Waals surface area contributed by atoms with Crippen molar-refractivity contribution >= 4 is 41.3 Å². The fourth-order valence-corrected chi connectivity index (χ4v) is 1.86. The molecule has 0 aromatic carbocycles. The number of alkyl halides is 2. The lowest BCUT2D eigenvalue weighted by Gasteiger charge is -2.26. The molecule has 0 radical (unpaired) electrons. The average molecular weight is 234 g/mol. The van der Waals surface area contributed by atoms with Gasteiger partial charge in [0.25, 0.3) is 0 Å². The number of hydrogen-bond acceptors (Lipinski definition) is 2. The minimum atomic E-state index is -1.50. The largest absolute Gasteiger partial charge is 0.409 e. The molecule has 0 heterocycles. The third-order valence-corrected chi connectivity index (χ3v) is 3.81. The van der Waals surface area contributed by atoms with Gasteiger partial charge in [-0.25, -0.2) is 4.79 Å². The van der Waals surface area contributed by atoms with E-state index in [4.69, 9.17) is 23.2 Å². The topological polar surface area (TPSA) is 20.3 Å². The molecule has 0 aliphatic rings. The Bertz CT molecular complexity index is 166. The molecule has 0 saturated carbocycles. The van der Waals surface area contributed by atoms with E-state index in [1.54, 1.807) is 6.92 Å². The van der Waals surface area contributed by atoms with Crippen LogP contribution in [0.3, 0.4) is 0 Å². The van der Waals surface area contributed by atoms with Gasteiger partial charge in [-0.2, -0.15) is 0 Å². The third kappa shape index (κ3) is 3.83. The van der Waals surface area contributed by atoms with E-state index in [0.29, 0.717) is 0 Å². The van der Waals surface area contributed by atoms with Gasteiger partial charge in [-0.15, -0.1) is 27.6 Å². The highest BCUT2D eigenvalue weighted by molar-refractivity contribution is 7.99. The Hall–Kier alpha value is 0.330. The van der Waals surface area contributed by atoms with Crippen LogP contribution in [0, 0.1) is 0 Å². The standard InChI is InChI=1S/C6H10Cl2FNOS/c1-6(3-7,4-8)12-10(2)5(9)11/h3-4H2,1-2H3. The van der Waals surface area contributed by atoms with Crippen molar-refractivity contribution in [3.05, 3.63) is 0 Å². The summed E-state index contributed by atoms with van der Waals surface area (Å²) in [5, 5.41) is 0. The fraction of sp³-hybridized carbons (Fsp3) is 0.833. The van der Waals surface area contributed by atoms with E-state index >= 15 is 0 Å². The number of nitrogens with zero attached hydrogens (tertiary/aromatic N) is 1. The molecule has 72 valence electrons. The lowest BCUT2D eigenvalue weighted by Crippen LogP contribution is -2.31. The van der Waals surface area contributed by atoms with Gasteiger partial charge >= 0.3 is 6.16 Å². The molecule has 0 aliphatic carbocycles. The maximum atomic E-state index is 12.1. The highest BCUT2D eigenvalue weighted by Crippen LogP contribution is 2.30. The molecule has 0 spiro atoms. The molecule has 0 aromatic rings. The monoisotopic (exact) mass is 233 g/mol. The zero-order valence-corrected chi connectivity index (χ0v) is 9.14. The van der Waals surface area contributed by atoms with Gasteiger partial charge < -0.3 is 0 Å². The first kappa shape index (κ1) is 12.3. The van der Waals surface area contributed by atoms with Crippen LogP contribution >= 0.6 is 35.1 Å². The van der Waals surface area contributed by atoms with E-state index in [0.717, 1.165) is 16.3 Å². The van der Waals surface area contributed by atoms with Crippen molar-refractivity contribution in [3.63, 3.8) is 0 Å². The van der Waals surface area contributed by atoms with Gasteiger partial charge in [-0.1, -0.05) is 0 Å². The van der Waals surface area contributed by atoms with Crippen molar-refractivity contribution in [1.29, 1.82) is 0 Å². The lowest BCUT2D eigenvalue weighted by molar-refractivity contribution is 0.209. The van der Waals surface area contributed by atoms with Crippen molar-refractivity contribution < 1.29 is 9.18 Å². The van der Waals surface area contributed by atoms with E-state index in [9.17, 15) is 9.18 Å². The molecule has 0 atom stereocenters. The van der Waals surface area contributed by atoms with Crippen LogP contribution in [-0.2, 0) is 0 Å². The van der Waals surface area contributed by atoms with Crippen LogP contribution < -0.4 is 0 Å². The summed E-state index contributed by atoms with van der Waals surface area (Å²) in [4.78, 5) is 10.2. The van der Waals surface area contributed by atoms with Crippen LogP contribution in [0.4, 0.5) is 9.18 Å². The summed E-state index contributed by atoms with van der Waals surface area (Å²) in [6, 6.07) is 0. The Kier molecular flexibility index (Phi) is 5.29. The Morgan fingerprint density at radius 2 is 2.00 bits per heavy atom. The Morgan fingerprint density at radius 1 is 1.58 bits per heavy atom. The zero-order chi connectivity index (χ0) is 9.78. The van der Waals surface area contributed by atoms with Gasteiger partial charge in [0.05, 0.1) is 4.75 Å². The van der Waals surface area contributed by atoms with E-state index in [1.165, 1.54) is 7.05 Å². The summed E-state index contributed by atoms with van der Waals surface area (Å²) >= 11 is 12.2. The predicted molar refractivity (Wildman–Crippen MR) is 51.7 cm³/mol. The van der Waals surface area contributed by atoms with Crippen LogP contribution in [0.15, 0.2) is 0 Å². The summed E-state index contributed by atoms with van der Waals surface area (Å²) in [6.07, 6.45) is -1.50. The molecule has 0 aliphatic heterocycles. The predicted octanol–water partition coefficient (Wildman–Crippen LogP) is 2.89. The Balaban J connectivity index is 4.11. The minimum Gasteiger partial charge on any atom is -0.261 e. The van der Waals surface area contributed by atoms with Crippen LogP contribution in [0.2, 0.25) is 0 Å². The van der Waals surface area contributed by atoms with Crippen molar-refractivity contribution in [2.75, 3.05) is 18.8 Å². The van der Waals surface area contributed by atoms with Gasteiger partial charge in [0.2, 0.25) is 0 Å². The quantitative estimate of drug-likeness (QED) is 0.322. The van der Waals surface area contributed by atoms with E-state index in [1.807, 2.05) is 0 Å². The fourth-order valence-electron chi connectivity index (χ4n) is 0.451. The lowest BCUT2D eigenvalue weighted by atomic mass is 10.2. The van der Waals surface area contributed by atoms with E-state index < -0.39 is 10.9 Å². The highest BCUT2D eigenvalue weighted by Gasteiger charge is 2.27. The van der Waals surface area contributed by atoms with Crippen LogP contribution in [0.1, 0.15) is 6.92 Å². The second kappa shape index (κ2) is 5.14. The second-order valence-corrected chi connectivity index (χ2v) is 4.81. The molecule has 6 heteroatoms. The summed E-state index contributed by atoms with van der Waals surface area (Å²) in [6.45, 7) is 1.76. The molecular formula is C6H10Cl2FNOS. The summed E-state index contributed by atoms with van der Waals surface area (Å²) in [5.41, 5.74) is 0. The van der Waals surface area contributed by atoms with Gasteiger partial charge in [0.15, 0.2) is 0 Å². The molecule has 0 bridgehead atoms. The average Bonchev–Trinajstić information content (AvgIpc) is 2.04. The number of carbonyl (C=O) groups excluding carboxylic acids is 1. The van der Waals surface area contributed by atoms with E-state index in [2.05, 4.69) is 0 Å². The van der Waals surface area contributed by atoms with Crippen molar-refractivity contribution in [1.82, 2.24) is 4.31 Å². The molecule has 12 heavy (non-hydrogen) atoms. The first-order valence-electron chi connectivity index (χ1n) is 3.19. The number of hydrogen-bond donors (Lipinski definition) is 0. The molecule has 1 amide bonds. The smallest absolute Gasteiger partial charge is 0.261 e. The molecule has 2 nitrogen and oxygen atoms in total. The van der Waals surface area contributed by atoms with Crippen molar-refractivity contribution in [2.24, 2.45) is 0 Å². The van der Waals surface area contributed by atoms with Crippen LogP contribution in [0.5, 0.6) is 0 Å². The van der Waals surface area contributed by atoms with Crippen LogP contribution in [0.25, 0.3) is 0 Å². The van der Waals surface area contributed by atoms with Gasteiger partial charge in [0, 0.05) is 18.8 Å². The highest BCUT2D eigenvalue weighted by atomic mass is 35.5. The van der Waals surface area contributed by atoms with Crippen molar-refractivity contribution in [3.8, 4) is 0 Å².